The van der Waals surface area contributed by atoms with Crippen molar-refractivity contribution in [3.05, 3.63) is 60.4 Å². The van der Waals surface area contributed by atoms with Crippen molar-refractivity contribution in [3.8, 4) is 34.3 Å². The first-order chi connectivity index (χ1) is 12.1. The van der Waals surface area contributed by atoms with E-state index in [0.29, 0.717) is 10.9 Å². The van der Waals surface area contributed by atoms with Crippen LogP contribution in [0.15, 0.2) is 54.6 Å². The van der Waals surface area contributed by atoms with E-state index in [-0.39, 0.29) is 23.0 Å². The van der Waals surface area contributed by atoms with Crippen LogP contribution >= 0.6 is 0 Å². The van der Waals surface area contributed by atoms with Crippen molar-refractivity contribution in [1.29, 1.82) is 0 Å². The van der Waals surface area contributed by atoms with Gasteiger partial charge in [-0.05, 0) is 35.0 Å². The van der Waals surface area contributed by atoms with Crippen LogP contribution in [-0.2, 0) is 0 Å². The normalized spacial score (nSPS) is 11.1. The second-order valence-corrected chi connectivity index (χ2v) is 5.49. The average molecular weight is 337 g/mol. The predicted octanol–water partition coefficient (Wildman–Crippen LogP) is 3.34. The molecule has 6 nitrogen and oxygen atoms in total. The summed E-state index contributed by atoms with van der Waals surface area (Å²) < 4.78 is 14.9. The molecule has 0 aliphatic rings. The van der Waals surface area contributed by atoms with E-state index in [1.165, 1.54) is 35.0 Å². The molecule has 3 N–H and O–H groups in total. The van der Waals surface area contributed by atoms with Gasteiger partial charge in [0.1, 0.15) is 17.2 Å². The van der Waals surface area contributed by atoms with Crippen LogP contribution in [-0.4, -0.2) is 30.3 Å². The Morgan fingerprint density at radius 1 is 0.920 bits per heavy atom. The molecule has 0 saturated heterocycles. The Labute approximate surface area is 141 Å². The van der Waals surface area contributed by atoms with E-state index in [9.17, 15) is 19.7 Å². The summed E-state index contributed by atoms with van der Waals surface area (Å²) >= 11 is 0. The molecule has 0 atom stereocenters. The molecule has 3 aromatic carbocycles. The Hall–Kier alpha value is -3.61. The molecule has 0 amide bonds. The van der Waals surface area contributed by atoms with E-state index < -0.39 is 11.6 Å². The molecule has 1 aromatic heterocycles. The van der Waals surface area contributed by atoms with Crippen molar-refractivity contribution in [2.24, 2.45) is 0 Å². The first-order valence-electron chi connectivity index (χ1n) is 7.41. The van der Waals surface area contributed by atoms with E-state index in [1.54, 1.807) is 18.2 Å². The molecule has 0 saturated carbocycles. The van der Waals surface area contributed by atoms with Gasteiger partial charge in [-0.1, -0.05) is 40.6 Å². The lowest BCUT2D eigenvalue weighted by Gasteiger charge is -2.11. The molecule has 0 fully saturated rings. The summed E-state index contributed by atoms with van der Waals surface area (Å²) in [5.74, 6) is -1.53. The number of phenols is 2. The van der Waals surface area contributed by atoms with Crippen LogP contribution in [0.2, 0.25) is 0 Å². The summed E-state index contributed by atoms with van der Waals surface area (Å²) in [7, 11) is 0. The number of rotatable bonds is 2. The van der Waals surface area contributed by atoms with E-state index in [2.05, 4.69) is 10.3 Å². The van der Waals surface area contributed by atoms with E-state index in [4.69, 9.17) is 0 Å². The Balaban J connectivity index is 2.04. The molecule has 4 aromatic rings. The molecular weight excluding hydrogens is 325 g/mol. The van der Waals surface area contributed by atoms with Crippen molar-refractivity contribution in [2.75, 3.05) is 0 Å². The maximum Gasteiger partial charge on any atom is 0.259 e. The molecular formula is C18H12FN3O3. The number of halogens is 1. The minimum atomic E-state index is -0.418. The third-order valence-electron chi connectivity index (χ3n) is 3.97. The number of phenolic OH excluding ortho intramolecular Hbond substituents is 2. The van der Waals surface area contributed by atoms with Crippen molar-refractivity contribution >= 4 is 10.8 Å². The van der Waals surface area contributed by atoms with E-state index in [0.717, 1.165) is 5.39 Å². The van der Waals surface area contributed by atoms with Gasteiger partial charge in [0, 0.05) is 5.56 Å². The summed E-state index contributed by atoms with van der Waals surface area (Å²) in [6.07, 6.45) is 0. The summed E-state index contributed by atoms with van der Waals surface area (Å²) in [5, 5.41) is 38.8. The Morgan fingerprint density at radius 2 is 1.72 bits per heavy atom. The zero-order chi connectivity index (χ0) is 17.6. The fraction of sp³-hybridized carbons (Fsp3) is 0. The highest BCUT2D eigenvalue weighted by Crippen LogP contribution is 2.38. The van der Waals surface area contributed by atoms with Gasteiger partial charge in [-0.3, -0.25) is 0 Å². The maximum absolute atomic E-state index is 13.7. The monoisotopic (exact) mass is 337 g/mol. The third kappa shape index (κ3) is 2.33. The number of benzene rings is 3. The molecule has 0 bridgehead atoms. The average Bonchev–Trinajstić information content (AvgIpc) is 2.98. The van der Waals surface area contributed by atoms with Gasteiger partial charge in [0.05, 0.1) is 0 Å². The number of nitrogens with zero attached hydrogens (tertiary/aromatic N) is 3. The smallest absolute Gasteiger partial charge is 0.259 e. The lowest BCUT2D eigenvalue weighted by Crippen LogP contribution is -2.00. The van der Waals surface area contributed by atoms with Crippen LogP contribution in [0, 0.1) is 5.82 Å². The van der Waals surface area contributed by atoms with Gasteiger partial charge >= 0.3 is 0 Å². The highest BCUT2D eigenvalue weighted by molar-refractivity contribution is 5.97. The standard InChI is InChI=1S/C18H12FN3O3/c19-11-8-7-10-3-1-4-12(13(10)9-11)16-18(25)20-21-22(16)14-5-2-6-15(23)17(14)24/h1-9,23-25H. The molecule has 4 rings (SSSR count). The molecule has 0 aliphatic heterocycles. The minimum Gasteiger partial charge on any atom is -0.504 e. The van der Waals surface area contributed by atoms with E-state index in [1.807, 2.05) is 6.07 Å². The number of aromatic nitrogens is 3. The fourth-order valence-electron chi connectivity index (χ4n) is 2.82. The second kappa shape index (κ2) is 5.48. The first kappa shape index (κ1) is 14.9. The van der Waals surface area contributed by atoms with Gasteiger partial charge in [-0.2, -0.15) is 0 Å². The SMILES string of the molecule is Oc1cccc(-n2nnc(O)c2-c2cccc3ccc(F)cc23)c1O. The van der Waals surface area contributed by atoms with Crippen LogP contribution in [0.3, 0.4) is 0 Å². The maximum atomic E-state index is 13.7. The van der Waals surface area contributed by atoms with Crippen LogP contribution in [0.1, 0.15) is 0 Å². The largest absolute Gasteiger partial charge is 0.504 e. The lowest BCUT2D eigenvalue weighted by molar-refractivity contribution is 0.401. The van der Waals surface area contributed by atoms with Gasteiger partial charge in [0.25, 0.3) is 5.88 Å². The van der Waals surface area contributed by atoms with Gasteiger partial charge in [0.15, 0.2) is 11.5 Å². The number of hydrogen-bond acceptors (Lipinski definition) is 5. The Kier molecular flexibility index (Phi) is 3.28. The van der Waals surface area contributed by atoms with Crippen LogP contribution in [0.5, 0.6) is 17.4 Å². The third-order valence-corrected chi connectivity index (χ3v) is 3.97. The van der Waals surface area contributed by atoms with Gasteiger partial charge < -0.3 is 15.3 Å². The van der Waals surface area contributed by atoms with Crippen LogP contribution in [0.25, 0.3) is 27.7 Å². The number of para-hydroxylation sites is 1. The van der Waals surface area contributed by atoms with Gasteiger partial charge in [0.2, 0.25) is 0 Å². The van der Waals surface area contributed by atoms with E-state index >= 15 is 0 Å². The molecule has 1 heterocycles. The molecule has 0 radical (unpaired) electrons. The van der Waals surface area contributed by atoms with Crippen molar-refractivity contribution in [2.45, 2.75) is 0 Å². The molecule has 25 heavy (non-hydrogen) atoms. The lowest BCUT2D eigenvalue weighted by atomic mass is 10.0. The molecule has 124 valence electrons. The molecule has 0 aliphatic carbocycles. The minimum absolute atomic E-state index is 0.135. The van der Waals surface area contributed by atoms with Crippen molar-refractivity contribution in [1.82, 2.24) is 15.0 Å². The molecule has 0 unspecified atom stereocenters. The zero-order valence-electron chi connectivity index (χ0n) is 12.8. The zero-order valence-corrected chi connectivity index (χ0v) is 12.8. The van der Waals surface area contributed by atoms with Gasteiger partial charge in [-0.25, -0.2) is 9.07 Å². The summed E-state index contributed by atoms with van der Waals surface area (Å²) in [4.78, 5) is 0. The molecule has 0 spiro atoms. The van der Waals surface area contributed by atoms with Gasteiger partial charge in [-0.15, -0.1) is 0 Å². The topological polar surface area (TPSA) is 91.4 Å². The number of aromatic hydroxyl groups is 3. The quantitative estimate of drug-likeness (QED) is 0.488. The fourth-order valence-corrected chi connectivity index (χ4v) is 2.82. The second-order valence-electron chi connectivity index (χ2n) is 5.49. The first-order valence-corrected chi connectivity index (χ1v) is 7.41. The summed E-state index contributed by atoms with van der Waals surface area (Å²) in [6, 6.07) is 14.0. The number of fused-ring (bicyclic) bond motifs is 1. The summed E-state index contributed by atoms with van der Waals surface area (Å²) in [6.45, 7) is 0. The summed E-state index contributed by atoms with van der Waals surface area (Å²) in [5.41, 5.74) is 0.801. The van der Waals surface area contributed by atoms with Crippen molar-refractivity contribution in [3.63, 3.8) is 0 Å². The Morgan fingerprint density at radius 3 is 2.56 bits per heavy atom. The van der Waals surface area contributed by atoms with Crippen molar-refractivity contribution < 1.29 is 19.7 Å². The number of hydrogen-bond donors (Lipinski definition) is 3. The van der Waals surface area contributed by atoms with Crippen LogP contribution < -0.4 is 0 Å². The molecule has 7 heteroatoms. The van der Waals surface area contributed by atoms with Crippen LogP contribution in [0.4, 0.5) is 4.39 Å². The highest BCUT2D eigenvalue weighted by atomic mass is 19.1. The highest BCUT2D eigenvalue weighted by Gasteiger charge is 2.20. The Bertz CT molecular complexity index is 1110. The predicted molar refractivity (Wildman–Crippen MR) is 89.3 cm³/mol.